The third kappa shape index (κ3) is 12.0. The molecule has 76 heavy (non-hydrogen) atoms. The number of hydrogen-bond donors (Lipinski definition) is 0. The molecular weight excluding hydrogens is 989 g/mol. The van der Waals surface area contributed by atoms with E-state index in [-0.39, 0.29) is 27.8 Å². The summed E-state index contributed by atoms with van der Waals surface area (Å²) < 4.78 is 80.8. The molecule has 3 aliphatic rings. The molecule has 0 aliphatic carbocycles. The van der Waals surface area contributed by atoms with Crippen LogP contribution in [0.4, 0.5) is 0 Å². The summed E-state index contributed by atoms with van der Waals surface area (Å²) in [6.45, 7) is 4.29. The van der Waals surface area contributed by atoms with Gasteiger partial charge in [0.25, 0.3) is 0 Å². The fourth-order valence-corrected chi connectivity index (χ4v) is 9.17. The van der Waals surface area contributed by atoms with Crippen molar-refractivity contribution in [3.63, 3.8) is 0 Å². The van der Waals surface area contributed by atoms with Crippen LogP contribution in [0.3, 0.4) is 0 Å². The zero-order chi connectivity index (χ0) is 54.0. The fourth-order valence-electron chi connectivity index (χ4n) is 9.17. The second kappa shape index (κ2) is 24.1. The molecule has 0 saturated carbocycles. The average molecular weight is 1050 g/mol. The fraction of sp³-hybridized carbons (Fsp3) is 0.368. The largest absolute Gasteiger partial charge is 0.463 e. The van der Waals surface area contributed by atoms with Crippen molar-refractivity contribution in [1.82, 2.24) is 0 Å². The first-order valence-electron chi connectivity index (χ1n) is 24.3. The number of benzene rings is 5. The molecule has 0 spiro atoms. The number of carbonyl (C=O) groups is 6. The van der Waals surface area contributed by atoms with Gasteiger partial charge in [-0.3, -0.25) is 4.79 Å². The van der Waals surface area contributed by atoms with Crippen molar-refractivity contribution in [2.75, 3.05) is 34.0 Å². The molecule has 0 aromatic heterocycles. The molecule has 3 heterocycles. The molecule has 0 radical (unpaired) electrons. The molecule has 0 N–H and O–H groups in total. The second-order valence-electron chi connectivity index (χ2n) is 18.5. The van der Waals surface area contributed by atoms with Crippen LogP contribution in [-0.2, 0) is 66.4 Å². The smallest absolute Gasteiger partial charge is 0.338 e. The highest BCUT2D eigenvalue weighted by Crippen LogP contribution is 2.46. The molecule has 0 amide bonds. The van der Waals surface area contributed by atoms with Gasteiger partial charge in [0.15, 0.2) is 42.3 Å². The summed E-state index contributed by atoms with van der Waals surface area (Å²) in [5, 5.41) is 0. The van der Waals surface area contributed by atoms with Crippen LogP contribution in [0.2, 0.25) is 0 Å². The van der Waals surface area contributed by atoms with Crippen molar-refractivity contribution < 1.29 is 90.3 Å². The van der Waals surface area contributed by atoms with Gasteiger partial charge in [-0.25, -0.2) is 24.0 Å². The predicted molar refractivity (Wildman–Crippen MR) is 264 cm³/mol. The molecule has 3 aliphatic heterocycles. The molecule has 19 nitrogen and oxygen atoms in total. The minimum absolute atomic E-state index is 0.139. The number of ether oxygens (including phenoxy) is 13. The summed E-state index contributed by atoms with van der Waals surface area (Å²) in [5.74, 6) is -4.68. The van der Waals surface area contributed by atoms with Crippen LogP contribution < -0.4 is 0 Å². The number of methoxy groups -OCH3 is 2. The van der Waals surface area contributed by atoms with Crippen LogP contribution in [0.15, 0.2) is 152 Å². The second-order valence-corrected chi connectivity index (χ2v) is 18.5. The maximum Gasteiger partial charge on any atom is 0.338 e. The van der Waals surface area contributed by atoms with Crippen LogP contribution in [-0.4, -0.2) is 142 Å². The molecule has 19 heteroatoms. The highest BCUT2D eigenvalue weighted by molar-refractivity contribution is 5.92. The number of rotatable bonds is 20. The summed E-state index contributed by atoms with van der Waals surface area (Å²) >= 11 is 0. The van der Waals surface area contributed by atoms with E-state index in [0.29, 0.717) is 0 Å². The van der Waals surface area contributed by atoms with Crippen LogP contribution in [0.5, 0.6) is 0 Å². The first-order chi connectivity index (χ1) is 36.6. The van der Waals surface area contributed by atoms with Gasteiger partial charge >= 0.3 is 35.8 Å². The van der Waals surface area contributed by atoms with Gasteiger partial charge in [0.1, 0.15) is 43.2 Å². The summed E-state index contributed by atoms with van der Waals surface area (Å²) in [7, 11) is 2.76. The van der Waals surface area contributed by atoms with Gasteiger partial charge in [-0.05, 0) is 81.4 Å². The Morgan fingerprint density at radius 3 is 1.17 bits per heavy atom. The van der Waals surface area contributed by atoms with Crippen LogP contribution >= 0.6 is 0 Å². The van der Waals surface area contributed by atoms with E-state index in [1.807, 2.05) is 0 Å². The highest BCUT2D eigenvalue weighted by Gasteiger charge is 2.66. The lowest BCUT2D eigenvalue weighted by atomic mass is 9.92. The molecule has 400 valence electrons. The zero-order valence-electron chi connectivity index (χ0n) is 42.5. The van der Waals surface area contributed by atoms with Crippen molar-refractivity contribution in [2.24, 2.45) is 0 Å². The third-order valence-corrected chi connectivity index (χ3v) is 13.5. The van der Waals surface area contributed by atoms with E-state index in [1.165, 1.54) is 83.5 Å². The van der Waals surface area contributed by atoms with E-state index in [2.05, 4.69) is 0 Å². The molecule has 3 saturated heterocycles. The van der Waals surface area contributed by atoms with E-state index in [0.717, 1.165) is 0 Å². The topological polar surface area (TPSA) is 222 Å². The van der Waals surface area contributed by atoms with Crippen molar-refractivity contribution in [2.45, 2.75) is 100.0 Å². The third-order valence-electron chi connectivity index (χ3n) is 13.5. The molecule has 12 atom stereocenters. The molecular formula is C57H58O19. The van der Waals surface area contributed by atoms with Gasteiger partial charge in [-0.15, -0.1) is 0 Å². The van der Waals surface area contributed by atoms with Gasteiger partial charge in [-0.1, -0.05) is 91.0 Å². The van der Waals surface area contributed by atoms with E-state index >= 15 is 0 Å². The minimum atomic E-state index is -1.95. The minimum Gasteiger partial charge on any atom is -0.463 e. The normalized spacial score (nSPS) is 28.7. The molecule has 0 bridgehead atoms. The Kier molecular flexibility index (Phi) is 17.4. The Hall–Kier alpha value is -7.36. The van der Waals surface area contributed by atoms with E-state index in [1.54, 1.807) is 110 Å². The number of carbonyl (C=O) groups excluding carboxylic acids is 6. The van der Waals surface area contributed by atoms with Crippen molar-refractivity contribution in [1.29, 1.82) is 0 Å². The Morgan fingerprint density at radius 1 is 0.408 bits per heavy atom. The van der Waals surface area contributed by atoms with Crippen molar-refractivity contribution in [3.05, 3.63) is 179 Å². The summed E-state index contributed by atoms with van der Waals surface area (Å²) in [6.07, 6.45) is -12.5. The lowest BCUT2D eigenvalue weighted by molar-refractivity contribution is -0.263. The lowest BCUT2D eigenvalue weighted by Gasteiger charge is -2.38. The quantitative estimate of drug-likeness (QED) is 0.0583. The monoisotopic (exact) mass is 1050 g/mol. The Labute approximate surface area is 438 Å². The SMILES string of the molecule is COC1[C@H](OC)O[C@H](CO[C@H]2O[C@H](COC(C)=O)[C@@](C)(OC(=O)c3ccccc3)C2OC(=O)c2ccccc2)[C@@]1(C)O[C@H]1O[C@H](COC(=O)c2ccccc2)[C@@](C)(OC(=O)c2ccccc2)C1OC(=O)c1ccccc1. The van der Waals surface area contributed by atoms with Crippen LogP contribution in [0.1, 0.15) is 79.5 Å². The Balaban J connectivity index is 1.14. The first kappa shape index (κ1) is 54.9. The van der Waals surface area contributed by atoms with Crippen molar-refractivity contribution >= 4 is 35.8 Å². The van der Waals surface area contributed by atoms with Gasteiger partial charge < -0.3 is 61.6 Å². The van der Waals surface area contributed by atoms with Crippen LogP contribution in [0, 0.1) is 0 Å². The maximum absolute atomic E-state index is 14.1. The van der Waals surface area contributed by atoms with E-state index in [9.17, 15) is 28.8 Å². The average Bonchev–Trinajstić information content (AvgIpc) is 3.97. The summed E-state index contributed by atoms with van der Waals surface area (Å²) in [4.78, 5) is 81.7. The van der Waals surface area contributed by atoms with E-state index in [4.69, 9.17) is 61.6 Å². The molecule has 5 aromatic rings. The Morgan fingerprint density at radius 2 is 0.763 bits per heavy atom. The summed E-state index contributed by atoms with van der Waals surface area (Å²) in [6, 6.07) is 40.5. The van der Waals surface area contributed by atoms with Gasteiger partial charge in [0.05, 0.1) is 34.4 Å². The standard InChI is InChI=1S/C57H58O19/c1-35(58)66-32-41-56(3,74-50(62)39-28-18-10-19-29-39)45(72-48(60)37-24-14-8-15-25-37)53(70-41)68-34-43-55(2,44(64-5)52(65-6)69-43)76-54-46(73-49(61)38-26-16-9-17-27-38)57(4,75-51(63)40-30-20-11-21-31-40)42(71-54)33-67-47(59)36-22-12-7-13-23-36/h7-31,41-46,52-54H,32-34H2,1-6H3/t41-,42-,43-,44?,45?,46?,52-,53+,54-,55-,56-,57-/m1/s1. The van der Waals surface area contributed by atoms with Crippen LogP contribution in [0.25, 0.3) is 0 Å². The number of hydrogen-bond acceptors (Lipinski definition) is 19. The molecule has 8 rings (SSSR count). The van der Waals surface area contributed by atoms with E-state index < -0.39 is 128 Å². The zero-order valence-corrected chi connectivity index (χ0v) is 42.5. The molecule has 3 fully saturated rings. The predicted octanol–water partition coefficient (Wildman–Crippen LogP) is 6.72. The van der Waals surface area contributed by atoms with Gasteiger partial charge in [-0.2, -0.15) is 0 Å². The highest BCUT2D eigenvalue weighted by atomic mass is 16.8. The lowest BCUT2D eigenvalue weighted by Crippen LogP contribution is -2.57. The first-order valence-corrected chi connectivity index (χ1v) is 24.3. The van der Waals surface area contributed by atoms with Gasteiger partial charge in [0, 0.05) is 21.1 Å². The Bertz CT molecular complexity index is 2780. The van der Waals surface area contributed by atoms with Gasteiger partial charge in [0.2, 0.25) is 0 Å². The maximum atomic E-state index is 14.1. The molecule has 3 unspecified atom stereocenters. The van der Waals surface area contributed by atoms with Crippen molar-refractivity contribution in [3.8, 4) is 0 Å². The molecule has 5 aromatic carbocycles. The summed E-state index contributed by atoms with van der Waals surface area (Å²) in [5.41, 5.74) is -4.71. The number of esters is 6.